The fourth-order valence-corrected chi connectivity index (χ4v) is 2.29. The van der Waals surface area contributed by atoms with E-state index in [1.807, 2.05) is 19.1 Å². The number of ether oxygens (including phenoxy) is 1. The minimum atomic E-state index is -0.479. The van der Waals surface area contributed by atoms with E-state index in [4.69, 9.17) is 20.8 Å². The van der Waals surface area contributed by atoms with Crippen molar-refractivity contribution in [2.24, 2.45) is 0 Å². The SMILES string of the molecule is CCc1ccc(-c2nnc3c(Cl)cc(C(=O)OC)cn23)o1. The van der Waals surface area contributed by atoms with Gasteiger partial charge in [0.05, 0.1) is 17.7 Å². The first kappa shape index (κ1) is 13.6. The Balaban J connectivity index is 2.19. The summed E-state index contributed by atoms with van der Waals surface area (Å²) in [5.41, 5.74) is 0.770. The van der Waals surface area contributed by atoms with Crippen LogP contribution in [0.4, 0.5) is 0 Å². The van der Waals surface area contributed by atoms with Crippen LogP contribution in [0.5, 0.6) is 0 Å². The van der Waals surface area contributed by atoms with Crippen molar-refractivity contribution < 1.29 is 13.9 Å². The molecule has 7 heteroatoms. The van der Waals surface area contributed by atoms with E-state index < -0.39 is 5.97 Å². The molecule has 0 aromatic carbocycles. The van der Waals surface area contributed by atoms with Crippen molar-refractivity contribution >= 4 is 23.2 Å². The third-order valence-electron chi connectivity index (χ3n) is 3.11. The molecule has 0 aliphatic rings. The maximum Gasteiger partial charge on any atom is 0.339 e. The highest BCUT2D eigenvalue weighted by Crippen LogP contribution is 2.25. The van der Waals surface area contributed by atoms with Gasteiger partial charge < -0.3 is 9.15 Å². The first-order valence-electron chi connectivity index (χ1n) is 6.35. The Labute approximate surface area is 125 Å². The largest absolute Gasteiger partial charge is 0.465 e. The van der Waals surface area contributed by atoms with Gasteiger partial charge in [0, 0.05) is 12.6 Å². The number of carbonyl (C=O) groups is 1. The molecule has 0 unspecified atom stereocenters. The van der Waals surface area contributed by atoms with Crippen LogP contribution in [0.15, 0.2) is 28.8 Å². The van der Waals surface area contributed by atoms with Crippen molar-refractivity contribution in [1.29, 1.82) is 0 Å². The molecule has 21 heavy (non-hydrogen) atoms. The zero-order valence-electron chi connectivity index (χ0n) is 11.5. The zero-order chi connectivity index (χ0) is 15.0. The molecule has 0 saturated carbocycles. The van der Waals surface area contributed by atoms with E-state index in [-0.39, 0.29) is 0 Å². The first-order valence-corrected chi connectivity index (χ1v) is 6.73. The third kappa shape index (κ3) is 2.27. The number of rotatable bonds is 3. The highest BCUT2D eigenvalue weighted by atomic mass is 35.5. The third-order valence-corrected chi connectivity index (χ3v) is 3.39. The van der Waals surface area contributed by atoms with Crippen molar-refractivity contribution in [2.45, 2.75) is 13.3 Å². The molecule has 0 N–H and O–H groups in total. The van der Waals surface area contributed by atoms with E-state index in [1.54, 1.807) is 10.6 Å². The number of fused-ring (bicyclic) bond motifs is 1. The van der Waals surface area contributed by atoms with E-state index in [1.165, 1.54) is 13.2 Å². The van der Waals surface area contributed by atoms with Crippen LogP contribution in [-0.2, 0) is 11.2 Å². The molecule has 3 aromatic heterocycles. The lowest BCUT2D eigenvalue weighted by Crippen LogP contribution is -2.03. The van der Waals surface area contributed by atoms with Gasteiger partial charge in [-0.05, 0) is 18.2 Å². The van der Waals surface area contributed by atoms with Gasteiger partial charge in [0.2, 0.25) is 5.82 Å². The molecule has 0 aliphatic heterocycles. The standard InChI is InChI=1S/C14H12ClN3O3/c1-3-9-4-5-11(21-9)13-17-16-12-10(15)6-8(7-18(12)13)14(19)20-2/h4-7H,3H2,1-2H3. The summed E-state index contributed by atoms with van der Waals surface area (Å²) < 4.78 is 12.0. The number of carbonyl (C=O) groups excluding carboxylic acids is 1. The Hall–Kier alpha value is -2.34. The van der Waals surface area contributed by atoms with Gasteiger partial charge in [-0.15, -0.1) is 10.2 Å². The van der Waals surface area contributed by atoms with Gasteiger partial charge in [-0.3, -0.25) is 4.40 Å². The van der Waals surface area contributed by atoms with Gasteiger partial charge in [0.15, 0.2) is 11.4 Å². The molecule has 0 bridgehead atoms. The van der Waals surface area contributed by atoms with Crippen molar-refractivity contribution in [1.82, 2.24) is 14.6 Å². The Morgan fingerprint density at radius 3 is 2.90 bits per heavy atom. The summed E-state index contributed by atoms with van der Waals surface area (Å²) in [7, 11) is 1.31. The maximum absolute atomic E-state index is 11.7. The van der Waals surface area contributed by atoms with Crippen LogP contribution >= 0.6 is 11.6 Å². The second-order valence-corrected chi connectivity index (χ2v) is 4.81. The lowest BCUT2D eigenvalue weighted by atomic mass is 10.3. The number of aromatic nitrogens is 3. The van der Waals surface area contributed by atoms with Gasteiger partial charge in [-0.25, -0.2) is 4.79 Å². The van der Waals surface area contributed by atoms with Crippen LogP contribution in [0.2, 0.25) is 5.02 Å². The molecule has 0 fully saturated rings. The maximum atomic E-state index is 11.7. The van der Waals surface area contributed by atoms with Gasteiger partial charge in [-0.2, -0.15) is 0 Å². The summed E-state index contributed by atoms with van der Waals surface area (Å²) in [5, 5.41) is 8.43. The molecule has 0 aliphatic carbocycles. The average molecular weight is 306 g/mol. The second-order valence-electron chi connectivity index (χ2n) is 4.41. The van der Waals surface area contributed by atoms with Crippen LogP contribution in [0, 0.1) is 0 Å². The quantitative estimate of drug-likeness (QED) is 0.696. The number of methoxy groups -OCH3 is 1. The lowest BCUT2D eigenvalue weighted by Gasteiger charge is -2.03. The summed E-state index contributed by atoms with van der Waals surface area (Å²) in [6, 6.07) is 5.19. The normalized spacial score (nSPS) is 11.0. The molecular formula is C14H12ClN3O3. The number of aryl methyl sites for hydroxylation is 1. The van der Waals surface area contributed by atoms with Gasteiger partial charge >= 0.3 is 5.97 Å². The van der Waals surface area contributed by atoms with E-state index in [0.29, 0.717) is 27.8 Å². The predicted octanol–water partition coefficient (Wildman–Crippen LogP) is 2.99. The van der Waals surface area contributed by atoms with Crippen molar-refractivity contribution in [2.75, 3.05) is 7.11 Å². The smallest absolute Gasteiger partial charge is 0.339 e. The topological polar surface area (TPSA) is 69.6 Å². The number of esters is 1. The Morgan fingerprint density at radius 1 is 1.43 bits per heavy atom. The van der Waals surface area contributed by atoms with Crippen molar-refractivity contribution in [3.8, 4) is 11.6 Å². The number of nitrogens with zero attached hydrogens (tertiary/aromatic N) is 3. The number of halogens is 1. The molecule has 0 spiro atoms. The molecule has 0 radical (unpaired) electrons. The number of hydrogen-bond acceptors (Lipinski definition) is 5. The summed E-state index contributed by atoms with van der Waals surface area (Å²) in [6.45, 7) is 2.00. The fourth-order valence-electron chi connectivity index (χ4n) is 2.04. The Kier molecular flexibility index (Phi) is 3.39. The summed E-state index contributed by atoms with van der Waals surface area (Å²) in [4.78, 5) is 11.7. The zero-order valence-corrected chi connectivity index (χ0v) is 12.2. The van der Waals surface area contributed by atoms with Crippen LogP contribution < -0.4 is 0 Å². The first-order chi connectivity index (χ1) is 10.1. The van der Waals surface area contributed by atoms with Gasteiger partial charge in [0.25, 0.3) is 0 Å². The summed E-state index contributed by atoms with van der Waals surface area (Å²) in [5.74, 6) is 1.42. The Morgan fingerprint density at radius 2 is 2.24 bits per heavy atom. The average Bonchev–Trinajstić information content (AvgIpc) is 3.12. The highest BCUT2D eigenvalue weighted by Gasteiger charge is 2.17. The summed E-state index contributed by atoms with van der Waals surface area (Å²) in [6.07, 6.45) is 2.36. The molecule has 108 valence electrons. The van der Waals surface area contributed by atoms with Crippen LogP contribution in [0.1, 0.15) is 23.0 Å². The number of furan rings is 1. The van der Waals surface area contributed by atoms with Crippen LogP contribution in [0.3, 0.4) is 0 Å². The van der Waals surface area contributed by atoms with Crippen molar-refractivity contribution in [3.63, 3.8) is 0 Å². The minimum Gasteiger partial charge on any atom is -0.465 e. The number of pyridine rings is 1. The molecular weight excluding hydrogens is 294 g/mol. The van der Waals surface area contributed by atoms with Gasteiger partial charge in [0.1, 0.15) is 5.76 Å². The molecule has 0 amide bonds. The highest BCUT2D eigenvalue weighted by molar-refractivity contribution is 6.33. The summed E-state index contributed by atoms with van der Waals surface area (Å²) >= 11 is 6.13. The molecule has 6 nitrogen and oxygen atoms in total. The van der Waals surface area contributed by atoms with Crippen LogP contribution in [-0.4, -0.2) is 27.7 Å². The molecule has 0 saturated heterocycles. The molecule has 3 heterocycles. The number of hydrogen-bond donors (Lipinski definition) is 0. The Bertz CT molecular complexity index is 822. The van der Waals surface area contributed by atoms with Crippen molar-refractivity contribution in [3.05, 3.63) is 40.7 Å². The fraction of sp³-hybridized carbons (Fsp3) is 0.214. The van der Waals surface area contributed by atoms with E-state index in [0.717, 1.165) is 12.2 Å². The molecule has 3 aromatic rings. The monoisotopic (exact) mass is 305 g/mol. The van der Waals surface area contributed by atoms with Gasteiger partial charge in [-0.1, -0.05) is 18.5 Å². The molecule has 0 atom stereocenters. The minimum absolute atomic E-state index is 0.318. The van der Waals surface area contributed by atoms with E-state index >= 15 is 0 Å². The second kappa shape index (κ2) is 5.21. The lowest BCUT2D eigenvalue weighted by molar-refractivity contribution is 0.0600. The van der Waals surface area contributed by atoms with E-state index in [2.05, 4.69) is 10.2 Å². The predicted molar refractivity (Wildman–Crippen MR) is 76.4 cm³/mol. The van der Waals surface area contributed by atoms with Crippen LogP contribution in [0.25, 0.3) is 17.2 Å². The van der Waals surface area contributed by atoms with E-state index in [9.17, 15) is 4.79 Å². The molecule has 3 rings (SSSR count).